The lowest BCUT2D eigenvalue weighted by atomic mass is 10.1. The first-order valence-electron chi connectivity index (χ1n) is 9.01. The third kappa shape index (κ3) is 10.8. The Morgan fingerprint density at radius 3 is 2.66 bits per heavy atom. The summed E-state index contributed by atoms with van der Waals surface area (Å²) in [6.07, 6.45) is -1.63. The Hall–Kier alpha value is -1.40. The number of rotatable bonds is 9. The molecule has 2 N–H and O–H groups in total. The summed E-state index contributed by atoms with van der Waals surface area (Å²) in [4.78, 5) is 10.1. The van der Waals surface area contributed by atoms with Gasteiger partial charge in [-0.3, -0.25) is 0 Å². The molecule has 0 spiro atoms. The lowest BCUT2D eigenvalue weighted by Crippen LogP contribution is -2.38. The van der Waals surface area contributed by atoms with E-state index in [0.717, 1.165) is 23.5 Å². The molecule has 0 unspecified atom stereocenters. The molecule has 0 radical (unpaired) electrons. The van der Waals surface area contributed by atoms with Gasteiger partial charge >= 0.3 is 6.18 Å². The standard InChI is InChI=1S/C19H25F3N4OS.HI/c1-3-23-18(24-8-7-17-25-10-14(2)28-17)26-11-15-5-4-6-16(9-15)12-27-13-19(20,21)22;/h4-6,9-10H,3,7-8,11-13H2,1-2H3,(H2,23,24,26);1H. The minimum atomic E-state index is -4.31. The Morgan fingerprint density at radius 2 is 2.00 bits per heavy atom. The minimum absolute atomic E-state index is 0. The summed E-state index contributed by atoms with van der Waals surface area (Å²) in [6.45, 7) is 4.55. The smallest absolute Gasteiger partial charge is 0.367 e. The second kappa shape index (κ2) is 13.0. The first-order valence-corrected chi connectivity index (χ1v) is 9.83. The molecule has 29 heavy (non-hydrogen) atoms. The van der Waals surface area contributed by atoms with Crippen molar-refractivity contribution < 1.29 is 17.9 Å². The third-order valence-corrected chi connectivity index (χ3v) is 4.56. The number of aryl methyl sites for hydroxylation is 1. The average Bonchev–Trinajstić information content (AvgIpc) is 3.04. The highest BCUT2D eigenvalue weighted by Gasteiger charge is 2.27. The van der Waals surface area contributed by atoms with E-state index in [9.17, 15) is 13.2 Å². The molecule has 0 fully saturated rings. The van der Waals surface area contributed by atoms with Crippen molar-refractivity contribution in [3.05, 3.63) is 51.5 Å². The molecule has 1 heterocycles. The number of ether oxygens (including phenoxy) is 1. The molecule has 0 aliphatic rings. The Labute approximate surface area is 190 Å². The number of guanidine groups is 1. The second-order valence-corrected chi connectivity index (χ2v) is 7.48. The second-order valence-electron chi connectivity index (χ2n) is 6.16. The molecular formula is C19H26F3IN4OS. The molecule has 0 atom stereocenters. The van der Waals surface area contributed by atoms with Crippen molar-refractivity contribution in [3.63, 3.8) is 0 Å². The minimum Gasteiger partial charge on any atom is -0.367 e. The molecule has 0 saturated carbocycles. The van der Waals surface area contributed by atoms with Crippen LogP contribution in [0.2, 0.25) is 0 Å². The highest BCUT2D eigenvalue weighted by Crippen LogP contribution is 2.16. The summed E-state index contributed by atoms with van der Waals surface area (Å²) >= 11 is 1.68. The number of alkyl halides is 3. The zero-order valence-electron chi connectivity index (χ0n) is 16.4. The van der Waals surface area contributed by atoms with Crippen LogP contribution in [0.3, 0.4) is 0 Å². The van der Waals surface area contributed by atoms with Gasteiger partial charge in [-0.1, -0.05) is 24.3 Å². The number of aliphatic imine (C=N–C) groups is 1. The monoisotopic (exact) mass is 542 g/mol. The molecule has 10 heteroatoms. The molecule has 0 bridgehead atoms. The van der Waals surface area contributed by atoms with Gasteiger partial charge in [0.2, 0.25) is 0 Å². The van der Waals surface area contributed by atoms with Gasteiger partial charge in [-0.25, -0.2) is 9.98 Å². The highest BCUT2D eigenvalue weighted by molar-refractivity contribution is 14.0. The van der Waals surface area contributed by atoms with Gasteiger partial charge in [0.05, 0.1) is 18.2 Å². The summed E-state index contributed by atoms with van der Waals surface area (Å²) < 4.78 is 41.2. The maximum atomic E-state index is 12.2. The quantitative estimate of drug-likeness (QED) is 0.280. The number of hydrogen-bond acceptors (Lipinski definition) is 4. The number of thiazole rings is 1. The van der Waals surface area contributed by atoms with Gasteiger partial charge in [0.15, 0.2) is 5.96 Å². The Bertz CT molecular complexity index is 768. The molecule has 5 nitrogen and oxygen atoms in total. The van der Waals surface area contributed by atoms with Crippen molar-refractivity contribution in [3.8, 4) is 0 Å². The van der Waals surface area contributed by atoms with Crippen LogP contribution < -0.4 is 10.6 Å². The maximum absolute atomic E-state index is 12.2. The van der Waals surface area contributed by atoms with Crippen LogP contribution >= 0.6 is 35.3 Å². The van der Waals surface area contributed by atoms with E-state index in [1.165, 1.54) is 4.88 Å². The van der Waals surface area contributed by atoms with E-state index in [2.05, 4.69) is 20.6 Å². The fourth-order valence-electron chi connectivity index (χ4n) is 2.42. The fraction of sp³-hybridized carbons (Fsp3) is 0.474. The van der Waals surface area contributed by atoms with Gasteiger partial charge in [0.1, 0.15) is 6.61 Å². The summed E-state index contributed by atoms with van der Waals surface area (Å²) in [5.74, 6) is 0.689. The van der Waals surface area contributed by atoms with E-state index in [0.29, 0.717) is 24.6 Å². The van der Waals surface area contributed by atoms with E-state index in [-0.39, 0.29) is 30.6 Å². The van der Waals surface area contributed by atoms with Crippen LogP contribution in [0.1, 0.15) is 27.9 Å². The number of halogens is 4. The van der Waals surface area contributed by atoms with Gasteiger partial charge < -0.3 is 15.4 Å². The number of benzene rings is 1. The predicted molar refractivity (Wildman–Crippen MR) is 121 cm³/mol. The summed E-state index contributed by atoms with van der Waals surface area (Å²) in [5, 5.41) is 7.53. The molecule has 162 valence electrons. The number of nitrogens with one attached hydrogen (secondary N) is 2. The van der Waals surface area contributed by atoms with Gasteiger partial charge in [-0.05, 0) is 25.0 Å². The van der Waals surface area contributed by atoms with E-state index in [4.69, 9.17) is 4.74 Å². The zero-order valence-corrected chi connectivity index (χ0v) is 19.5. The zero-order chi connectivity index (χ0) is 20.4. The van der Waals surface area contributed by atoms with Crippen molar-refractivity contribution >= 4 is 41.3 Å². The lowest BCUT2D eigenvalue weighted by molar-refractivity contribution is -0.176. The number of hydrogen-bond donors (Lipinski definition) is 2. The summed E-state index contributed by atoms with van der Waals surface area (Å²) in [6, 6.07) is 7.23. The van der Waals surface area contributed by atoms with Gasteiger partial charge in [-0.15, -0.1) is 35.3 Å². The van der Waals surface area contributed by atoms with E-state index in [1.54, 1.807) is 23.5 Å². The molecule has 1 aromatic carbocycles. The molecule has 0 aliphatic heterocycles. The fourth-order valence-corrected chi connectivity index (χ4v) is 3.21. The van der Waals surface area contributed by atoms with Gasteiger partial charge in [-0.2, -0.15) is 13.2 Å². The van der Waals surface area contributed by atoms with Crippen molar-refractivity contribution in [2.75, 3.05) is 19.7 Å². The first kappa shape index (κ1) is 25.6. The van der Waals surface area contributed by atoms with Crippen LogP contribution in [0.4, 0.5) is 13.2 Å². The predicted octanol–water partition coefficient (Wildman–Crippen LogP) is 4.45. The average molecular weight is 542 g/mol. The SMILES string of the molecule is CCNC(=NCc1cccc(COCC(F)(F)F)c1)NCCc1ncc(C)s1.I. The van der Waals surface area contributed by atoms with Crippen molar-refractivity contribution in [1.82, 2.24) is 15.6 Å². The molecular weight excluding hydrogens is 516 g/mol. The van der Waals surface area contributed by atoms with Gasteiger partial charge in [0.25, 0.3) is 0 Å². The first-order chi connectivity index (χ1) is 13.4. The third-order valence-electron chi connectivity index (χ3n) is 3.59. The van der Waals surface area contributed by atoms with Crippen LogP contribution in [-0.4, -0.2) is 36.8 Å². The highest BCUT2D eigenvalue weighted by atomic mass is 127. The summed E-state index contributed by atoms with van der Waals surface area (Å²) in [5.41, 5.74) is 1.59. The molecule has 0 saturated heterocycles. The largest absolute Gasteiger partial charge is 0.411 e. The van der Waals surface area contributed by atoms with E-state index in [1.807, 2.05) is 32.2 Å². The molecule has 1 aromatic heterocycles. The van der Waals surface area contributed by atoms with Crippen molar-refractivity contribution in [1.29, 1.82) is 0 Å². The Kier molecular flexibility index (Phi) is 11.5. The number of nitrogens with zero attached hydrogens (tertiary/aromatic N) is 2. The molecule has 2 aromatic rings. The molecule has 2 rings (SSSR count). The van der Waals surface area contributed by atoms with Crippen molar-refractivity contribution in [2.45, 2.75) is 39.6 Å². The van der Waals surface area contributed by atoms with Crippen LogP contribution in [0.25, 0.3) is 0 Å². The van der Waals surface area contributed by atoms with Crippen LogP contribution in [0.15, 0.2) is 35.5 Å². The molecule has 0 amide bonds. The van der Waals surface area contributed by atoms with E-state index < -0.39 is 12.8 Å². The van der Waals surface area contributed by atoms with Crippen LogP contribution in [0.5, 0.6) is 0 Å². The summed E-state index contributed by atoms with van der Waals surface area (Å²) in [7, 11) is 0. The lowest BCUT2D eigenvalue weighted by Gasteiger charge is -2.11. The Balaban J connectivity index is 0.00000420. The number of aromatic nitrogens is 1. The van der Waals surface area contributed by atoms with Crippen molar-refractivity contribution in [2.24, 2.45) is 4.99 Å². The normalized spacial score (nSPS) is 11.8. The topological polar surface area (TPSA) is 58.5 Å². The van der Waals surface area contributed by atoms with E-state index >= 15 is 0 Å². The Morgan fingerprint density at radius 1 is 1.24 bits per heavy atom. The molecule has 0 aliphatic carbocycles. The van der Waals surface area contributed by atoms with Crippen LogP contribution in [0, 0.1) is 6.92 Å². The van der Waals surface area contributed by atoms with Crippen LogP contribution in [-0.2, 0) is 24.3 Å². The maximum Gasteiger partial charge on any atom is 0.411 e. The van der Waals surface area contributed by atoms with Gasteiger partial charge in [0, 0.05) is 30.6 Å².